The van der Waals surface area contributed by atoms with Gasteiger partial charge in [-0.3, -0.25) is 9.78 Å². The fraction of sp³-hybridized carbons (Fsp3) is 0.727. The number of rotatable bonds is 5. The topological polar surface area (TPSA) is 48.5 Å². The Kier molecular flexibility index (Phi) is 5.79. The lowest BCUT2D eigenvalue weighted by Gasteiger charge is -2.44. The van der Waals surface area contributed by atoms with Crippen LogP contribution in [0.2, 0.25) is 0 Å². The number of nitrogens with zero attached hydrogens (tertiary/aromatic N) is 3. The van der Waals surface area contributed by atoms with Crippen molar-refractivity contribution in [3.63, 3.8) is 0 Å². The number of amides is 1. The lowest BCUT2D eigenvalue weighted by molar-refractivity contribution is -0.128. The molecule has 5 nitrogen and oxygen atoms in total. The number of aromatic nitrogens is 1. The smallest absolute Gasteiger partial charge is 0.222 e. The van der Waals surface area contributed by atoms with E-state index < -0.39 is 0 Å². The molecule has 0 unspecified atom stereocenters. The zero-order valence-corrected chi connectivity index (χ0v) is 16.8. The van der Waals surface area contributed by atoms with Crippen LogP contribution in [0.5, 0.6) is 0 Å². The summed E-state index contributed by atoms with van der Waals surface area (Å²) in [5.74, 6) is 0.997. The summed E-state index contributed by atoms with van der Waals surface area (Å²) in [6.45, 7) is 9.63. The summed E-state index contributed by atoms with van der Waals surface area (Å²) in [7, 11) is 0. The van der Waals surface area contributed by atoms with Gasteiger partial charge in [-0.25, -0.2) is 0 Å². The van der Waals surface area contributed by atoms with Crippen LogP contribution in [0.15, 0.2) is 18.3 Å². The molecule has 3 aliphatic heterocycles. The highest BCUT2D eigenvalue weighted by Gasteiger charge is 2.38. The zero-order chi connectivity index (χ0) is 18.7. The Morgan fingerprint density at radius 2 is 2.07 bits per heavy atom. The SMILES string of the molecule is Cc1ccc(C2(CN3CCC[C@H](CN4CCCC4=O)C3)CCNCC2)nc1. The van der Waals surface area contributed by atoms with E-state index in [0.717, 1.165) is 65.0 Å². The fourth-order valence-corrected chi connectivity index (χ4v) is 5.26. The molecule has 0 spiro atoms. The van der Waals surface area contributed by atoms with Gasteiger partial charge in [-0.1, -0.05) is 6.07 Å². The average Bonchev–Trinajstić information content (AvgIpc) is 3.08. The van der Waals surface area contributed by atoms with E-state index in [1.165, 1.54) is 30.6 Å². The van der Waals surface area contributed by atoms with Crippen LogP contribution in [0.1, 0.15) is 49.8 Å². The fourth-order valence-electron chi connectivity index (χ4n) is 5.26. The number of piperidine rings is 2. The normalized spacial score (nSPS) is 26.5. The van der Waals surface area contributed by atoms with E-state index in [-0.39, 0.29) is 5.41 Å². The summed E-state index contributed by atoms with van der Waals surface area (Å²) < 4.78 is 0. The highest BCUT2D eigenvalue weighted by Crippen LogP contribution is 2.34. The largest absolute Gasteiger partial charge is 0.342 e. The molecule has 1 N–H and O–H groups in total. The first-order valence-corrected chi connectivity index (χ1v) is 10.8. The highest BCUT2D eigenvalue weighted by atomic mass is 16.2. The van der Waals surface area contributed by atoms with Crippen molar-refractivity contribution < 1.29 is 4.79 Å². The molecule has 4 heterocycles. The van der Waals surface area contributed by atoms with E-state index in [0.29, 0.717) is 11.8 Å². The molecule has 5 heteroatoms. The number of hydrogen-bond acceptors (Lipinski definition) is 4. The van der Waals surface area contributed by atoms with Crippen LogP contribution in [0.4, 0.5) is 0 Å². The predicted octanol–water partition coefficient (Wildman–Crippen LogP) is 2.35. The molecule has 1 aromatic rings. The second kappa shape index (κ2) is 8.27. The molecule has 0 bridgehead atoms. The van der Waals surface area contributed by atoms with Crippen LogP contribution < -0.4 is 5.32 Å². The Morgan fingerprint density at radius 3 is 2.78 bits per heavy atom. The van der Waals surface area contributed by atoms with Crippen molar-refractivity contribution in [2.24, 2.45) is 5.92 Å². The van der Waals surface area contributed by atoms with E-state index in [1.807, 2.05) is 6.20 Å². The number of aryl methyl sites for hydroxylation is 1. The van der Waals surface area contributed by atoms with Crippen molar-refractivity contribution in [2.75, 3.05) is 45.8 Å². The van der Waals surface area contributed by atoms with Crippen molar-refractivity contribution in [1.82, 2.24) is 20.1 Å². The van der Waals surface area contributed by atoms with Crippen LogP contribution in [-0.2, 0) is 10.2 Å². The van der Waals surface area contributed by atoms with E-state index in [1.54, 1.807) is 0 Å². The van der Waals surface area contributed by atoms with Crippen molar-refractivity contribution in [3.8, 4) is 0 Å². The lowest BCUT2D eigenvalue weighted by Crippen LogP contribution is -2.51. The van der Waals surface area contributed by atoms with Crippen LogP contribution in [-0.4, -0.2) is 66.5 Å². The molecule has 4 rings (SSSR count). The molecule has 0 radical (unpaired) electrons. The van der Waals surface area contributed by atoms with Gasteiger partial charge in [0.1, 0.15) is 0 Å². The minimum Gasteiger partial charge on any atom is -0.342 e. The maximum Gasteiger partial charge on any atom is 0.222 e. The van der Waals surface area contributed by atoms with Gasteiger partial charge in [-0.15, -0.1) is 0 Å². The molecule has 0 aliphatic carbocycles. The second-order valence-electron chi connectivity index (χ2n) is 8.94. The zero-order valence-electron chi connectivity index (χ0n) is 16.8. The molecular formula is C22H34N4O. The van der Waals surface area contributed by atoms with Gasteiger partial charge >= 0.3 is 0 Å². The maximum atomic E-state index is 12.0. The Hall–Kier alpha value is -1.46. The van der Waals surface area contributed by atoms with Crippen LogP contribution >= 0.6 is 0 Å². The summed E-state index contributed by atoms with van der Waals surface area (Å²) in [6.07, 6.45) is 8.66. The van der Waals surface area contributed by atoms with E-state index in [9.17, 15) is 4.79 Å². The van der Waals surface area contributed by atoms with Crippen molar-refractivity contribution in [2.45, 2.75) is 50.9 Å². The number of likely N-dealkylation sites (tertiary alicyclic amines) is 2. The number of carbonyl (C=O) groups is 1. The van der Waals surface area contributed by atoms with Gasteiger partial charge in [-0.2, -0.15) is 0 Å². The molecule has 0 saturated carbocycles. The standard InChI is InChI=1S/C22H34N4O/c1-18-6-7-20(24-14-18)22(8-10-23-11-9-22)17-25-12-2-4-19(15-25)16-26-13-3-5-21(26)27/h6-7,14,19,23H,2-5,8-13,15-17H2,1H3/t19-/m0/s1. The van der Waals surface area contributed by atoms with Gasteiger partial charge in [-0.05, 0) is 76.2 Å². The van der Waals surface area contributed by atoms with Gasteiger partial charge in [0.2, 0.25) is 5.91 Å². The minimum absolute atomic E-state index is 0.171. The Morgan fingerprint density at radius 1 is 1.22 bits per heavy atom. The first-order valence-electron chi connectivity index (χ1n) is 10.8. The molecule has 1 aromatic heterocycles. The quantitative estimate of drug-likeness (QED) is 0.864. The summed E-state index contributed by atoms with van der Waals surface area (Å²) in [5, 5.41) is 3.53. The number of pyridine rings is 1. The molecule has 148 valence electrons. The van der Waals surface area contributed by atoms with Crippen molar-refractivity contribution in [1.29, 1.82) is 0 Å². The van der Waals surface area contributed by atoms with Gasteiger partial charge < -0.3 is 15.1 Å². The van der Waals surface area contributed by atoms with Crippen molar-refractivity contribution >= 4 is 5.91 Å². The Balaban J connectivity index is 1.44. The molecule has 3 fully saturated rings. The Labute approximate surface area is 163 Å². The number of hydrogen-bond donors (Lipinski definition) is 1. The second-order valence-corrected chi connectivity index (χ2v) is 8.94. The third kappa shape index (κ3) is 4.35. The van der Waals surface area contributed by atoms with E-state index in [4.69, 9.17) is 4.98 Å². The van der Waals surface area contributed by atoms with Crippen LogP contribution in [0.3, 0.4) is 0 Å². The van der Waals surface area contributed by atoms with Gasteiger partial charge in [0.05, 0.1) is 0 Å². The number of nitrogens with one attached hydrogen (secondary N) is 1. The lowest BCUT2D eigenvalue weighted by atomic mass is 9.74. The van der Waals surface area contributed by atoms with E-state index >= 15 is 0 Å². The summed E-state index contributed by atoms with van der Waals surface area (Å²) in [4.78, 5) is 21.6. The molecule has 3 aliphatic rings. The van der Waals surface area contributed by atoms with Gasteiger partial charge in [0, 0.05) is 49.9 Å². The maximum absolute atomic E-state index is 12.0. The first kappa shape index (κ1) is 18.9. The van der Waals surface area contributed by atoms with Crippen LogP contribution in [0, 0.1) is 12.8 Å². The third-order valence-corrected chi connectivity index (χ3v) is 6.79. The molecule has 0 aromatic carbocycles. The predicted molar refractivity (Wildman–Crippen MR) is 108 cm³/mol. The Bertz CT molecular complexity index is 638. The monoisotopic (exact) mass is 370 g/mol. The minimum atomic E-state index is 0.171. The first-order chi connectivity index (χ1) is 13.1. The van der Waals surface area contributed by atoms with E-state index in [2.05, 4.69) is 34.2 Å². The van der Waals surface area contributed by atoms with Crippen LogP contribution in [0.25, 0.3) is 0 Å². The molecule has 27 heavy (non-hydrogen) atoms. The average molecular weight is 371 g/mol. The summed E-state index contributed by atoms with van der Waals surface area (Å²) >= 11 is 0. The number of carbonyl (C=O) groups excluding carboxylic acids is 1. The summed E-state index contributed by atoms with van der Waals surface area (Å²) in [5.41, 5.74) is 2.67. The van der Waals surface area contributed by atoms with Gasteiger partial charge in [0.15, 0.2) is 0 Å². The molecular weight excluding hydrogens is 336 g/mol. The summed E-state index contributed by atoms with van der Waals surface area (Å²) in [6, 6.07) is 4.47. The van der Waals surface area contributed by atoms with Crippen molar-refractivity contribution in [3.05, 3.63) is 29.6 Å². The highest BCUT2D eigenvalue weighted by molar-refractivity contribution is 5.78. The molecule has 1 amide bonds. The third-order valence-electron chi connectivity index (χ3n) is 6.79. The molecule has 3 saturated heterocycles. The van der Waals surface area contributed by atoms with Gasteiger partial charge in [0.25, 0.3) is 0 Å². The molecule has 1 atom stereocenters.